The first-order chi connectivity index (χ1) is 12.5. The third kappa shape index (κ3) is 5.93. The summed E-state index contributed by atoms with van der Waals surface area (Å²) in [6, 6.07) is 14.0. The van der Waals surface area contributed by atoms with Crippen molar-refractivity contribution in [3.05, 3.63) is 64.1 Å². The van der Waals surface area contributed by atoms with Crippen LogP contribution < -0.4 is 16.0 Å². The van der Waals surface area contributed by atoms with E-state index in [1.54, 1.807) is 42.5 Å². The van der Waals surface area contributed by atoms with Crippen molar-refractivity contribution in [2.24, 2.45) is 0 Å². The number of carbonyl (C=O) groups is 2. The minimum atomic E-state index is -0.304. The highest BCUT2D eigenvalue weighted by Gasteiger charge is 2.11. The molecule has 0 spiro atoms. The highest BCUT2D eigenvalue weighted by Crippen LogP contribution is 2.15. The molecule has 0 atom stereocenters. The Bertz CT molecular complexity index is 794. The SMILES string of the molecule is CCCCNC(=O)c1ccc(NC(=S)NC(=O)c2ccccc2Br)cc1. The molecule has 0 fully saturated rings. The maximum atomic E-state index is 12.2. The van der Waals surface area contributed by atoms with E-state index in [-0.39, 0.29) is 16.9 Å². The van der Waals surface area contributed by atoms with Gasteiger partial charge in [-0.1, -0.05) is 25.5 Å². The van der Waals surface area contributed by atoms with Gasteiger partial charge in [-0.15, -0.1) is 0 Å². The Morgan fingerprint density at radius 3 is 2.38 bits per heavy atom. The Kier molecular flexibility index (Phi) is 7.74. The number of rotatable bonds is 6. The van der Waals surface area contributed by atoms with Gasteiger partial charge in [0.25, 0.3) is 11.8 Å². The Labute approximate surface area is 166 Å². The van der Waals surface area contributed by atoms with Crippen LogP contribution in [0, 0.1) is 0 Å². The van der Waals surface area contributed by atoms with Crippen LogP contribution in [0.2, 0.25) is 0 Å². The van der Waals surface area contributed by atoms with Gasteiger partial charge in [0.1, 0.15) is 0 Å². The topological polar surface area (TPSA) is 70.2 Å². The molecule has 2 rings (SSSR count). The number of thiocarbonyl (C=S) groups is 1. The molecular weight excluding hydrogens is 414 g/mol. The van der Waals surface area contributed by atoms with E-state index in [9.17, 15) is 9.59 Å². The minimum absolute atomic E-state index is 0.102. The van der Waals surface area contributed by atoms with Gasteiger partial charge in [0.2, 0.25) is 0 Å². The standard InChI is InChI=1S/C19H20BrN3O2S/c1-2-3-12-21-17(24)13-8-10-14(11-9-13)22-19(26)23-18(25)15-6-4-5-7-16(15)20/h4-11H,2-3,12H2,1H3,(H,21,24)(H2,22,23,25,26). The van der Waals surface area contributed by atoms with Crippen molar-refractivity contribution in [3.8, 4) is 0 Å². The van der Waals surface area contributed by atoms with Gasteiger partial charge in [0.15, 0.2) is 5.11 Å². The van der Waals surface area contributed by atoms with Gasteiger partial charge in [-0.25, -0.2) is 0 Å². The fourth-order valence-electron chi connectivity index (χ4n) is 2.16. The van der Waals surface area contributed by atoms with Crippen molar-refractivity contribution in [1.82, 2.24) is 10.6 Å². The third-order valence-electron chi connectivity index (χ3n) is 3.57. The first-order valence-electron chi connectivity index (χ1n) is 8.26. The van der Waals surface area contributed by atoms with E-state index >= 15 is 0 Å². The predicted octanol–water partition coefficient (Wildman–Crippen LogP) is 4.11. The van der Waals surface area contributed by atoms with Crippen LogP contribution in [-0.4, -0.2) is 23.5 Å². The van der Waals surface area contributed by atoms with Crippen LogP contribution in [0.1, 0.15) is 40.5 Å². The van der Waals surface area contributed by atoms with E-state index in [1.165, 1.54) is 0 Å². The minimum Gasteiger partial charge on any atom is -0.352 e. The van der Waals surface area contributed by atoms with Gasteiger partial charge in [0, 0.05) is 22.3 Å². The number of hydrogen-bond donors (Lipinski definition) is 3. The largest absolute Gasteiger partial charge is 0.352 e. The van der Waals surface area contributed by atoms with Crippen molar-refractivity contribution in [1.29, 1.82) is 0 Å². The molecular formula is C19H20BrN3O2S. The van der Waals surface area contributed by atoms with Crippen molar-refractivity contribution in [2.45, 2.75) is 19.8 Å². The predicted molar refractivity (Wildman–Crippen MR) is 112 cm³/mol. The monoisotopic (exact) mass is 433 g/mol. The van der Waals surface area contributed by atoms with E-state index in [1.807, 2.05) is 6.07 Å². The van der Waals surface area contributed by atoms with Crippen LogP contribution in [0.15, 0.2) is 53.0 Å². The van der Waals surface area contributed by atoms with Gasteiger partial charge in [0.05, 0.1) is 5.56 Å². The van der Waals surface area contributed by atoms with Crippen LogP contribution in [0.25, 0.3) is 0 Å². The summed E-state index contributed by atoms with van der Waals surface area (Å²) in [6.07, 6.45) is 1.99. The zero-order chi connectivity index (χ0) is 18.9. The molecule has 0 saturated carbocycles. The lowest BCUT2D eigenvalue weighted by molar-refractivity contribution is 0.0950. The number of amides is 2. The van der Waals surface area contributed by atoms with Gasteiger partial charge in [-0.3, -0.25) is 14.9 Å². The van der Waals surface area contributed by atoms with Crippen LogP contribution in [0.5, 0.6) is 0 Å². The fourth-order valence-corrected chi connectivity index (χ4v) is 2.84. The van der Waals surface area contributed by atoms with E-state index in [2.05, 4.69) is 38.8 Å². The average molecular weight is 434 g/mol. The molecule has 0 aromatic heterocycles. The second-order valence-electron chi connectivity index (χ2n) is 5.57. The van der Waals surface area contributed by atoms with E-state index in [0.29, 0.717) is 27.8 Å². The molecule has 0 unspecified atom stereocenters. The molecule has 7 heteroatoms. The average Bonchev–Trinajstić information content (AvgIpc) is 2.62. The number of anilines is 1. The molecule has 0 bridgehead atoms. The van der Waals surface area contributed by atoms with E-state index in [4.69, 9.17) is 12.2 Å². The highest BCUT2D eigenvalue weighted by atomic mass is 79.9. The van der Waals surface area contributed by atoms with E-state index < -0.39 is 0 Å². The quantitative estimate of drug-likeness (QED) is 0.473. The van der Waals surface area contributed by atoms with Gasteiger partial charge in [-0.2, -0.15) is 0 Å². The van der Waals surface area contributed by atoms with Gasteiger partial charge < -0.3 is 10.6 Å². The Morgan fingerprint density at radius 2 is 1.73 bits per heavy atom. The normalized spacial score (nSPS) is 10.1. The number of carbonyl (C=O) groups excluding carboxylic acids is 2. The Morgan fingerprint density at radius 1 is 1.04 bits per heavy atom. The summed E-state index contributed by atoms with van der Waals surface area (Å²) in [5, 5.41) is 8.61. The summed E-state index contributed by atoms with van der Waals surface area (Å²) < 4.78 is 0.693. The number of unbranched alkanes of at least 4 members (excludes halogenated alkanes) is 1. The first kappa shape index (κ1) is 20.1. The molecule has 2 aromatic carbocycles. The van der Waals surface area contributed by atoms with Crippen molar-refractivity contribution < 1.29 is 9.59 Å². The number of benzene rings is 2. The maximum absolute atomic E-state index is 12.2. The number of hydrogen-bond acceptors (Lipinski definition) is 3. The molecule has 0 saturated heterocycles. The third-order valence-corrected chi connectivity index (χ3v) is 4.46. The zero-order valence-corrected chi connectivity index (χ0v) is 16.7. The smallest absolute Gasteiger partial charge is 0.258 e. The molecule has 0 aliphatic carbocycles. The Balaban J connectivity index is 1.90. The molecule has 0 aliphatic heterocycles. The molecule has 136 valence electrons. The first-order valence-corrected chi connectivity index (χ1v) is 9.46. The molecule has 0 radical (unpaired) electrons. The van der Waals surface area contributed by atoms with Gasteiger partial charge >= 0.3 is 0 Å². The molecule has 26 heavy (non-hydrogen) atoms. The van der Waals surface area contributed by atoms with E-state index in [0.717, 1.165) is 12.8 Å². The van der Waals surface area contributed by atoms with Crippen LogP contribution in [0.4, 0.5) is 5.69 Å². The highest BCUT2D eigenvalue weighted by molar-refractivity contribution is 9.10. The number of nitrogens with one attached hydrogen (secondary N) is 3. The molecule has 5 nitrogen and oxygen atoms in total. The summed E-state index contributed by atoms with van der Waals surface area (Å²) in [5.74, 6) is -0.406. The molecule has 2 aromatic rings. The van der Waals surface area contributed by atoms with Crippen LogP contribution >= 0.6 is 28.1 Å². The molecule has 0 aliphatic rings. The molecule has 2 amide bonds. The summed E-state index contributed by atoms with van der Waals surface area (Å²) in [6.45, 7) is 2.74. The maximum Gasteiger partial charge on any atom is 0.258 e. The summed E-state index contributed by atoms with van der Waals surface area (Å²) in [5.41, 5.74) is 1.76. The second kappa shape index (κ2) is 10.0. The summed E-state index contributed by atoms with van der Waals surface area (Å²) in [7, 11) is 0. The second-order valence-corrected chi connectivity index (χ2v) is 6.84. The summed E-state index contributed by atoms with van der Waals surface area (Å²) in [4.78, 5) is 24.2. The zero-order valence-electron chi connectivity index (χ0n) is 14.3. The molecule has 3 N–H and O–H groups in total. The van der Waals surface area contributed by atoms with Gasteiger partial charge in [-0.05, 0) is 71.0 Å². The van der Waals surface area contributed by atoms with Crippen molar-refractivity contribution >= 4 is 50.8 Å². The van der Waals surface area contributed by atoms with Crippen LogP contribution in [0.3, 0.4) is 0 Å². The van der Waals surface area contributed by atoms with Crippen LogP contribution in [-0.2, 0) is 0 Å². The number of halogens is 1. The lowest BCUT2D eigenvalue weighted by Crippen LogP contribution is -2.34. The lowest BCUT2D eigenvalue weighted by Gasteiger charge is -2.11. The summed E-state index contributed by atoms with van der Waals surface area (Å²) >= 11 is 8.51. The lowest BCUT2D eigenvalue weighted by atomic mass is 10.2. The van der Waals surface area contributed by atoms with Crippen molar-refractivity contribution in [3.63, 3.8) is 0 Å². The molecule has 0 heterocycles. The fraction of sp³-hybridized carbons (Fsp3) is 0.211. The Hall–Kier alpha value is -2.25. The van der Waals surface area contributed by atoms with Crippen molar-refractivity contribution in [2.75, 3.05) is 11.9 Å².